The summed E-state index contributed by atoms with van der Waals surface area (Å²) in [6, 6.07) is 0. The Labute approximate surface area is 49.3 Å². The fourth-order valence-electron chi connectivity index (χ4n) is 0.207. The van der Waals surface area contributed by atoms with Crippen LogP contribution in [0.25, 0.3) is 0 Å². The largest absolute Gasteiger partial charge is 0.127 e. The van der Waals surface area contributed by atoms with Gasteiger partial charge in [0.25, 0.3) is 0 Å². The lowest BCUT2D eigenvalue weighted by molar-refractivity contribution is 1.26. The van der Waals surface area contributed by atoms with Crippen LogP contribution in [-0.4, -0.2) is 5.25 Å². The predicted molar refractivity (Wildman–Crippen MR) is 37.4 cm³/mol. The molecular formula is C6H10S. The van der Waals surface area contributed by atoms with Gasteiger partial charge in [-0.3, -0.25) is 0 Å². The van der Waals surface area contributed by atoms with Crippen LogP contribution in [0.1, 0.15) is 6.92 Å². The molecule has 0 rings (SSSR count). The third kappa shape index (κ3) is 3.67. The van der Waals surface area contributed by atoms with Crippen molar-refractivity contribution in [3.8, 4) is 0 Å². The average molecular weight is 114 g/mol. The van der Waals surface area contributed by atoms with Gasteiger partial charge >= 0.3 is 0 Å². The van der Waals surface area contributed by atoms with E-state index in [-0.39, 0.29) is 0 Å². The van der Waals surface area contributed by atoms with Gasteiger partial charge in [-0.1, -0.05) is 12.7 Å². The Morgan fingerprint density at radius 2 is 2.14 bits per heavy atom. The second-order valence-corrected chi connectivity index (χ2v) is 2.59. The summed E-state index contributed by atoms with van der Waals surface area (Å²) in [7, 11) is 0. The molecule has 40 valence electrons. The predicted octanol–water partition coefficient (Wildman–Crippen LogP) is 2.44. The molecule has 0 saturated carbocycles. The van der Waals surface area contributed by atoms with Crippen LogP contribution in [0.3, 0.4) is 0 Å². The van der Waals surface area contributed by atoms with Gasteiger partial charge in [-0.25, -0.2) is 0 Å². The Bertz CT molecular complexity index is 66.6. The van der Waals surface area contributed by atoms with E-state index in [1.165, 1.54) is 0 Å². The molecule has 0 aromatic carbocycles. The highest BCUT2D eigenvalue weighted by atomic mass is 32.2. The Morgan fingerprint density at radius 3 is 2.29 bits per heavy atom. The van der Waals surface area contributed by atoms with E-state index in [0.717, 1.165) is 0 Å². The summed E-state index contributed by atoms with van der Waals surface area (Å²) in [5.74, 6) is 0. The highest BCUT2D eigenvalue weighted by Crippen LogP contribution is 2.09. The molecule has 0 heterocycles. The molecule has 7 heavy (non-hydrogen) atoms. The molecule has 0 N–H and O–H groups in total. The van der Waals surface area contributed by atoms with E-state index in [0.29, 0.717) is 5.25 Å². The standard InChI is InChI=1S/C6H10S/c1-4-6(3)7-5-2/h4-6H,1-2H2,3H3. The smallest absolute Gasteiger partial charge is 0.0237 e. The minimum atomic E-state index is 0.512. The van der Waals surface area contributed by atoms with Gasteiger partial charge in [0, 0.05) is 5.25 Å². The van der Waals surface area contributed by atoms with Crippen molar-refractivity contribution in [1.82, 2.24) is 0 Å². The molecule has 0 aliphatic rings. The maximum atomic E-state index is 3.61. The van der Waals surface area contributed by atoms with Crippen LogP contribution in [0.15, 0.2) is 24.6 Å². The summed E-state index contributed by atoms with van der Waals surface area (Å²) in [6.45, 7) is 9.26. The topological polar surface area (TPSA) is 0 Å². The molecule has 0 amide bonds. The minimum absolute atomic E-state index is 0.512. The second-order valence-electron chi connectivity index (χ2n) is 1.24. The first-order chi connectivity index (χ1) is 3.31. The summed E-state index contributed by atoms with van der Waals surface area (Å²) in [5, 5.41) is 2.34. The Hall–Kier alpha value is -0.170. The van der Waals surface area contributed by atoms with E-state index in [1.807, 2.05) is 11.5 Å². The monoisotopic (exact) mass is 114 g/mol. The third-order valence-corrected chi connectivity index (χ3v) is 1.46. The van der Waals surface area contributed by atoms with Gasteiger partial charge in [-0.15, -0.1) is 18.3 Å². The fraction of sp³-hybridized carbons (Fsp3) is 0.333. The van der Waals surface area contributed by atoms with E-state index < -0.39 is 0 Å². The molecule has 1 unspecified atom stereocenters. The van der Waals surface area contributed by atoms with Crippen molar-refractivity contribution in [2.24, 2.45) is 0 Å². The van der Waals surface area contributed by atoms with Crippen LogP contribution < -0.4 is 0 Å². The van der Waals surface area contributed by atoms with Crippen LogP contribution in [-0.2, 0) is 0 Å². The molecule has 0 saturated heterocycles. The first-order valence-electron chi connectivity index (χ1n) is 2.20. The van der Waals surface area contributed by atoms with Crippen molar-refractivity contribution < 1.29 is 0 Å². The fourth-order valence-corrected chi connectivity index (χ4v) is 0.622. The molecular weight excluding hydrogens is 104 g/mol. The van der Waals surface area contributed by atoms with Crippen molar-refractivity contribution in [2.45, 2.75) is 12.2 Å². The Kier molecular flexibility index (Phi) is 3.90. The number of thioether (sulfide) groups is 1. The zero-order chi connectivity index (χ0) is 5.70. The molecule has 0 fully saturated rings. The van der Waals surface area contributed by atoms with E-state index in [1.54, 1.807) is 11.8 Å². The van der Waals surface area contributed by atoms with Crippen molar-refractivity contribution >= 4 is 11.8 Å². The maximum absolute atomic E-state index is 3.61. The number of rotatable bonds is 3. The van der Waals surface area contributed by atoms with Gasteiger partial charge in [-0.2, -0.15) is 0 Å². The second kappa shape index (κ2) is 4.00. The number of hydrogen-bond acceptors (Lipinski definition) is 1. The van der Waals surface area contributed by atoms with E-state index in [2.05, 4.69) is 20.1 Å². The molecule has 0 radical (unpaired) electrons. The van der Waals surface area contributed by atoms with Gasteiger partial charge in [0.2, 0.25) is 0 Å². The summed E-state index contributed by atoms with van der Waals surface area (Å²) in [4.78, 5) is 0. The molecule has 0 spiro atoms. The molecule has 1 heteroatoms. The normalized spacial score (nSPS) is 12.7. The maximum Gasteiger partial charge on any atom is 0.0237 e. The Balaban J connectivity index is 3.15. The van der Waals surface area contributed by atoms with Crippen molar-refractivity contribution in [3.63, 3.8) is 0 Å². The van der Waals surface area contributed by atoms with Crippen LogP contribution in [0.2, 0.25) is 0 Å². The van der Waals surface area contributed by atoms with Crippen molar-refractivity contribution in [2.75, 3.05) is 0 Å². The molecule has 0 nitrogen and oxygen atoms in total. The first-order valence-corrected chi connectivity index (χ1v) is 3.14. The van der Waals surface area contributed by atoms with Gasteiger partial charge in [-0.05, 0) is 12.3 Å². The minimum Gasteiger partial charge on any atom is -0.127 e. The van der Waals surface area contributed by atoms with Gasteiger partial charge in [0.1, 0.15) is 0 Å². The summed E-state index contributed by atoms with van der Waals surface area (Å²) in [5.41, 5.74) is 0. The lowest BCUT2D eigenvalue weighted by Crippen LogP contribution is -1.82. The molecule has 0 aromatic rings. The van der Waals surface area contributed by atoms with Crippen molar-refractivity contribution in [3.05, 3.63) is 24.6 Å². The van der Waals surface area contributed by atoms with E-state index in [4.69, 9.17) is 0 Å². The highest BCUT2D eigenvalue weighted by molar-refractivity contribution is 8.02. The van der Waals surface area contributed by atoms with Crippen LogP contribution in [0.4, 0.5) is 0 Å². The number of hydrogen-bond donors (Lipinski definition) is 0. The Morgan fingerprint density at radius 1 is 1.57 bits per heavy atom. The zero-order valence-corrected chi connectivity index (χ0v) is 5.37. The summed E-state index contributed by atoms with van der Waals surface area (Å²) >= 11 is 1.68. The SMILES string of the molecule is C=CSC(C)C=C. The first kappa shape index (κ1) is 6.83. The lowest BCUT2D eigenvalue weighted by atomic mass is 10.5. The zero-order valence-electron chi connectivity index (χ0n) is 4.55. The average Bonchev–Trinajstić information content (AvgIpc) is 1.68. The van der Waals surface area contributed by atoms with Crippen molar-refractivity contribution in [1.29, 1.82) is 0 Å². The summed E-state index contributed by atoms with van der Waals surface area (Å²) < 4.78 is 0. The van der Waals surface area contributed by atoms with Gasteiger partial charge in [0.05, 0.1) is 0 Å². The van der Waals surface area contributed by atoms with Gasteiger partial charge < -0.3 is 0 Å². The molecule has 0 bridgehead atoms. The molecule has 0 aliphatic carbocycles. The van der Waals surface area contributed by atoms with Crippen LogP contribution >= 0.6 is 11.8 Å². The molecule has 1 atom stereocenters. The molecule has 0 aliphatic heterocycles. The van der Waals surface area contributed by atoms with E-state index >= 15 is 0 Å². The summed E-state index contributed by atoms with van der Waals surface area (Å²) in [6.07, 6.45) is 1.90. The molecule has 0 aromatic heterocycles. The van der Waals surface area contributed by atoms with Crippen LogP contribution in [0, 0.1) is 0 Å². The highest BCUT2D eigenvalue weighted by Gasteiger charge is 1.87. The van der Waals surface area contributed by atoms with Gasteiger partial charge in [0.15, 0.2) is 0 Å². The van der Waals surface area contributed by atoms with Crippen LogP contribution in [0.5, 0.6) is 0 Å². The third-order valence-electron chi connectivity index (χ3n) is 0.643. The lowest BCUT2D eigenvalue weighted by Gasteiger charge is -1.95. The van der Waals surface area contributed by atoms with E-state index in [9.17, 15) is 0 Å². The quantitative estimate of drug-likeness (QED) is 0.508.